The number of Topliss-reactive ketones (excluding diaryl/α,β-unsaturated/α-hetero) is 1. The molecule has 1 aliphatic rings. The summed E-state index contributed by atoms with van der Waals surface area (Å²) in [6, 6.07) is -0.197. The van der Waals surface area contributed by atoms with Gasteiger partial charge in [-0.05, 0) is 6.92 Å². The molecule has 5 N–H and O–H groups in total. The molecule has 1 aliphatic heterocycles. The second kappa shape index (κ2) is 3.97. The number of amidine groups is 1. The van der Waals surface area contributed by atoms with Gasteiger partial charge in [-0.25, -0.2) is 0 Å². The smallest absolute Gasteiger partial charge is 0.302 e. The van der Waals surface area contributed by atoms with Crippen LogP contribution >= 0.6 is 0 Å². The first kappa shape index (κ1) is 10.3. The highest BCUT2D eigenvalue weighted by molar-refractivity contribution is 6.67. The lowest BCUT2D eigenvalue weighted by molar-refractivity contribution is -0.133. The molecule has 0 aromatic rings. The zero-order valence-corrected chi connectivity index (χ0v) is 7.65. The highest BCUT2D eigenvalue weighted by Crippen LogP contribution is 1.92. The molecule has 0 aromatic carbocycles. The fraction of sp³-hybridized carbons (Fsp3) is 0.429. The van der Waals surface area contributed by atoms with Gasteiger partial charge in [-0.15, -0.1) is 0 Å². The monoisotopic (exact) mass is 197 g/mol. The van der Waals surface area contributed by atoms with Gasteiger partial charge >= 0.3 is 5.91 Å². The van der Waals surface area contributed by atoms with E-state index < -0.39 is 11.7 Å². The maximum atomic E-state index is 11.1. The molecule has 14 heavy (non-hydrogen) atoms. The molecule has 0 unspecified atom stereocenters. The minimum atomic E-state index is -0.819. The van der Waals surface area contributed by atoms with Gasteiger partial charge in [0.15, 0.2) is 0 Å². The Morgan fingerprint density at radius 3 is 2.79 bits per heavy atom. The summed E-state index contributed by atoms with van der Waals surface area (Å²) in [4.78, 5) is 29.4. The molecule has 0 radical (unpaired) electrons. The molecule has 7 heteroatoms. The van der Waals surface area contributed by atoms with Crippen molar-refractivity contribution in [1.82, 2.24) is 5.32 Å². The molecule has 0 fully saturated rings. The third kappa shape index (κ3) is 2.36. The molecule has 0 spiro atoms. The number of rotatable bonds is 2. The third-order valence-electron chi connectivity index (χ3n) is 1.41. The van der Waals surface area contributed by atoms with Crippen molar-refractivity contribution in [3.8, 4) is 0 Å². The highest BCUT2D eigenvalue weighted by atomic mass is 16.2. The Bertz CT molecular complexity index is 331. The number of nitrogens with two attached hydrogens (primary N) is 2. The zero-order chi connectivity index (χ0) is 10.7. The van der Waals surface area contributed by atoms with Gasteiger partial charge in [0.2, 0.25) is 11.8 Å². The van der Waals surface area contributed by atoms with Gasteiger partial charge in [-0.2, -0.15) is 4.99 Å². The van der Waals surface area contributed by atoms with Crippen LogP contribution in [0.5, 0.6) is 0 Å². The van der Waals surface area contributed by atoms with E-state index in [1.165, 1.54) is 0 Å². The Kier molecular flexibility index (Phi) is 2.92. The van der Waals surface area contributed by atoms with Crippen LogP contribution in [-0.4, -0.2) is 36.1 Å². The second-order valence-electron chi connectivity index (χ2n) is 2.92. The molecule has 1 atom stereocenters. The lowest BCUT2D eigenvalue weighted by atomic mass is 10.3. The predicted molar refractivity (Wildman–Crippen MR) is 50.7 cm³/mol. The van der Waals surface area contributed by atoms with Crippen molar-refractivity contribution in [2.45, 2.75) is 13.0 Å². The van der Waals surface area contributed by atoms with Crippen LogP contribution in [-0.2, 0) is 9.59 Å². The SMILES string of the molecule is C[C@H](N)CN=C1N=C(N)NC(=O)C1=O. The Morgan fingerprint density at radius 2 is 2.21 bits per heavy atom. The van der Waals surface area contributed by atoms with E-state index in [1.807, 2.05) is 0 Å². The fourth-order valence-corrected chi connectivity index (χ4v) is 0.805. The number of amides is 1. The van der Waals surface area contributed by atoms with Crippen molar-refractivity contribution in [2.75, 3.05) is 6.54 Å². The lowest BCUT2D eigenvalue weighted by Crippen LogP contribution is -2.48. The Labute approximate surface area is 80.3 Å². The average molecular weight is 197 g/mol. The Balaban J connectivity index is 2.86. The molecule has 0 aliphatic carbocycles. The first-order valence-corrected chi connectivity index (χ1v) is 4.00. The zero-order valence-electron chi connectivity index (χ0n) is 7.65. The third-order valence-corrected chi connectivity index (χ3v) is 1.41. The summed E-state index contributed by atoms with van der Waals surface area (Å²) in [5.41, 5.74) is 10.7. The largest absolute Gasteiger partial charge is 0.369 e. The van der Waals surface area contributed by atoms with E-state index in [0.717, 1.165) is 0 Å². The van der Waals surface area contributed by atoms with Crippen molar-refractivity contribution in [3.05, 3.63) is 0 Å². The molecule has 0 bridgehead atoms. The van der Waals surface area contributed by atoms with E-state index in [1.54, 1.807) is 6.92 Å². The van der Waals surface area contributed by atoms with Crippen LogP contribution in [0.25, 0.3) is 0 Å². The van der Waals surface area contributed by atoms with Crippen LogP contribution in [0, 0.1) is 0 Å². The van der Waals surface area contributed by atoms with Gasteiger partial charge in [0.25, 0.3) is 5.78 Å². The summed E-state index contributed by atoms with van der Waals surface area (Å²) >= 11 is 0. The fourth-order valence-electron chi connectivity index (χ4n) is 0.805. The van der Waals surface area contributed by atoms with Gasteiger partial charge in [-0.3, -0.25) is 19.9 Å². The lowest BCUT2D eigenvalue weighted by Gasteiger charge is -2.09. The number of hydrogen-bond donors (Lipinski definition) is 3. The van der Waals surface area contributed by atoms with Crippen molar-refractivity contribution in [2.24, 2.45) is 21.5 Å². The molecule has 0 saturated carbocycles. The van der Waals surface area contributed by atoms with Gasteiger partial charge in [0, 0.05) is 6.04 Å². The summed E-state index contributed by atoms with van der Waals surface area (Å²) in [5.74, 6) is -1.93. The first-order valence-electron chi connectivity index (χ1n) is 4.00. The summed E-state index contributed by atoms with van der Waals surface area (Å²) in [6.45, 7) is 1.95. The van der Waals surface area contributed by atoms with Crippen LogP contribution in [0.3, 0.4) is 0 Å². The number of guanidine groups is 1. The summed E-state index contributed by atoms with van der Waals surface area (Å²) in [5, 5.41) is 2.07. The van der Waals surface area contributed by atoms with Crippen LogP contribution in [0.4, 0.5) is 0 Å². The van der Waals surface area contributed by atoms with Crippen molar-refractivity contribution in [3.63, 3.8) is 0 Å². The van der Waals surface area contributed by atoms with Gasteiger partial charge in [0.05, 0.1) is 6.54 Å². The van der Waals surface area contributed by atoms with Crippen molar-refractivity contribution < 1.29 is 9.59 Å². The predicted octanol–water partition coefficient (Wildman–Crippen LogP) is -2.25. The molecule has 7 nitrogen and oxygen atoms in total. The molecule has 1 heterocycles. The number of carbonyl (C=O) groups excluding carboxylic acids is 2. The van der Waals surface area contributed by atoms with Crippen molar-refractivity contribution >= 4 is 23.5 Å². The van der Waals surface area contributed by atoms with Crippen LogP contribution < -0.4 is 16.8 Å². The second-order valence-corrected chi connectivity index (χ2v) is 2.92. The quantitative estimate of drug-likeness (QED) is 0.432. The summed E-state index contributed by atoms with van der Waals surface area (Å²) < 4.78 is 0. The van der Waals surface area contributed by atoms with E-state index in [2.05, 4.69) is 15.3 Å². The van der Waals surface area contributed by atoms with Crippen LogP contribution in [0.2, 0.25) is 0 Å². The molecule has 1 amide bonds. The topological polar surface area (TPSA) is 123 Å². The first-order chi connectivity index (χ1) is 6.50. The molecule has 0 aromatic heterocycles. The van der Waals surface area contributed by atoms with Gasteiger partial charge in [0.1, 0.15) is 0 Å². The molecular weight excluding hydrogens is 186 g/mol. The van der Waals surface area contributed by atoms with E-state index in [0.29, 0.717) is 0 Å². The summed E-state index contributed by atoms with van der Waals surface area (Å²) in [6.07, 6.45) is 0. The number of hydrogen-bond acceptors (Lipinski definition) is 5. The van der Waals surface area contributed by atoms with E-state index in [9.17, 15) is 9.59 Å². The molecule has 76 valence electrons. The normalized spacial score (nSPS) is 21.9. The number of nitrogens with zero attached hydrogens (tertiary/aromatic N) is 2. The molecule has 0 saturated heterocycles. The number of ketones is 1. The molecule has 1 rings (SSSR count). The summed E-state index contributed by atoms with van der Waals surface area (Å²) in [7, 11) is 0. The average Bonchev–Trinajstić information content (AvgIpc) is 2.08. The number of aliphatic imine (C=N–C) groups is 2. The Morgan fingerprint density at radius 1 is 1.57 bits per heavy atom. The van der Waals surface area contributed by atoms with Gasteiger partial charge < -0.3 is 11.5 Å². The minimum absolute atomic E-state index is 0.127. The van der Waals surface area contributed by atoms with E-state index in [-0.39, 0.29) is 24.4 Å². The minimum Gasteiger partial charge on any atom is -0.369 e. The van der Waals surface area contributed by atoms with Crippen LogP contribution in [0.1, 0.15) is 6.92 Å². The highest BCUT2D eigenvalue weighted by Gasteiger charge is 2.25. The maximum Gasteiger partial charge on any atom is 0.302 e. The molecular formula is C7H11N5O2. The number of carbonyl (C=O) groups is 2. The standard InChI is InChI=1S/C7H11N5O2/c1-3(8)2-10-5-4(13)6(14)12-7(9)11-5/h3H,2,8H2,1H3,(H3,9,10,11,12,14)/t3-/m0/s1. The van der Waals surface area contributed by atoms with E-state index >= 15 is 0 Å². The number of nitrogens with one attached hydrogen (secondary N) is 1. The van der Waals surface area contributed by atoms with Crippen LogP contribution in [0.15, 0.2) is 9.98 Å². The van der Waals surface area contributed by atoms with E-state index in [4.69, 9.17) is 11.5 Å². The maximum absolute atomic E-state index is 11.1. The Hall–Kier alpha value is -1.76. The van der Waals surface area contributed by atoms with Gasteiger partial charge in [-0.1, -0.05) is 0 Å². The van der Waals surface area contributed by atoms with Crippen molar-refractivity contribution in [1.29, 1.82) is 0 Å².